The van der Waals surface area contributed by atoms with Crippen molar-refractivity contribution in [3.8, 4) is 0 Å². The molecule has 4 nitrogen and oxygen atoms in total. The lowest BCUT2D eigenvalue weighted by Gasteiger charge is -2.20. The molecule has 1 fully saturated rings. The van der Waals surface area contributed by atoms with E-state index < -0.39 is 17.6 Å². The van der Waals surface area contributed by atoms with Gasteiger partial charge in [0.05, 0.1) is 5.69 Å². The van der Waals surface area contributed by atoms with Crippen LogP contribution in [0.5, 0.6) is 0 Å². The number of anilines is 1. The quantitative estimate of drug-likeness (QED) is 0.829. The van der Waals surface area contributed by atoms with Crippen LogP contribution >= 0.6 is 0 Å². The molecule has 17 heavy (non-hydrogen) atoms. The summed E-state index contributed by atoms with van der Waals surface area (Å²) < 4.78 is 37.8. The maximum absolute atomic E-state index is 12.6. The van der Waals surface area contributed by atoms with Crippen molar-refractivity contribution >= 4 is 11.6 Å². The minimum Gasteiger partial charge on any atom is -0.397 e. The Labute approximate surface area is 95.0 Å². The highest BCUT2D eigenvalue weighted by Gasteiger charge is 2.64. The third kappa shape index (κ3) is 2.04. The number of carbonyl (C=O) groups excluding carboxylic acids is 1. The van der Waals surface area contributed by atoms with Crippen LogP contribution in [0.15, 0.2) is 18.3 Å². The van der Waals surface area contributed by atoms with Gasteiger partial charge in [-0.2, -0.15) is 13.2 Å². The standard InChI is InChI=1S/C10H10F3N3O/c11-10(12,13)9(3-4-9)16-8(17)7-6(14)2-1-5-15-7/h1-2,5H,3-4,14H2,(H,16,17). The zero-order valence-electron chi connectivity index (χ0n) is 8.71. The molecule has 0 unspecified atom stereocenters. The second-order valence-corrected chi connectivity index (χ2v) is 3.98. The molecule has 0 bridgehead atoms. The average molecular weight is 245 g/mol. The molecule has 3 N–H and O–H groups in total. The topological polar surface area (TPSA) is 68.0 Å². The number of rotatable bonds is 2. The van der Waals surface area contributed by atoms with Gasteiger partial charge in [0.25, 0.3) is 5.91 Å². The van der Waals surface area contributed by atoms with Crippen LogP contribution in [0.3, 0.4) is 0 Å². The highest BCUT2D eigenvalue weighted by atomic mass is 19.4. The van der Waals surface area contributed by atoms with Crippen molar-refractivity contribution in [1.82, 2.24) is 10.3 Å². The van der Waals surface area contributed by atoms with Gasteiger partial charge in [-0.1, -0.05) is 0 Å². The third-order valence-electron chi connectivity index (χ3n) is 2.70. The predicted octanol–water partition coefficient (Wildman–Crippen LogP) is 1.49. The monoisotopic (exact) mass is 245 g/mol. The first-order valence-corrected chi connectivity index (χ1v) is 4.95. The fourth-order valence-electron chi connectivity index (χ4n) is 1.49. The second kappa shape index (κ2) is 3.61. The summed E-state index contributed by atoms with van der Waals surface area (Å²) in [5.41, 5.74) is 3.26. The Morgan fingerprint density at radius 1 is 1.47 bits per heavy atom. The molecule has 0 atom stereocenters. The van der Waals surface area contributed by atoms with Gasteiger partial charge in [-0.3, -0.25) is 4.79 Å². The molecule has 1 aliphatic carbocycles. The van der Waals surface area contributed by atoms with E-state index in [0.29, 0.717) is 0 Å². The number of amides is 1. The Balaban J connectivity index is 2.16. The summed E-state index contributed by atoms with van der Waals surface area (Å²) in [5.74, 6) is -0.891. The molecule has 1 aromatic heterocycles. The summed E-state index contributed by atoms with van der Waals surface area (Å²) in [6.07, 6.45) is -3.34. The SMILES string of the molecule is Nc1cccnc1C(=O)NC1(C(F)(F)F)CC1. The number of nitrogens with one attached hydrogen (secondary N) is 1. The maximum Gasteiger partial charge on any atom is 0.411 e. The molecule has 0 saturated heterocycles. The number of nitrogens with zero attached hydrogens (tertiary/aromatic N) is 1. The molecule has 1 aliphatic rings. The van der Waals surface area contributed by atoms with Gasteiger partial charge in [0.1, 0.15) is 5.54 Å². The lowest BCUT2D eigenvalue weighted by molar-refractivity contribution is -0.163. The predicted molar refractivity (Wildman–Crippen MR) is 54.1 cm³/mol. The lowest BCUT2D eigenvalue weighted by Crippen LogP contribution is -2.48. The van der Waals surface area contributed by atoms with Gasteiger partial charge in [0.2, 0.25) is 0 Å². The van der Waals surface area contributed by atoms with E-state index >= 15 is 0 Å². The summed E-state index contributed by atoms with van der Waals surface area (Å²) >= 11 is 0. The van der Waals surface area contributed by atoms with Crippen LogP contribution in [-0.4, -0.2) is 22.6 Å². The molecule has 7 heteroatoms. The molecule has 0 radical (unpaired) electrons. The van der Waals surface area contributed by atoms with Gasteiger partial charge >= 0.3 is 6.18 Å². The molecule has 1 saturated carbocycles. The first-order valence-electron chi connectivity index (χ1n) is 4.95. The van der Waals surface area contributed by atoms with Gasteiger partial charge < -0.3 is 11.1 Å². The number of aromatic nitrogens is 1. The minimum absolute atomic E-state index is 0.0583. The molecule has 0 spiro atoms. The number of halogens is 3. The van der Waals surface area contributed by atoms with Crippen molar-refractivity contribution in [2.24, 2.45) is 0 Å². The number of nitrogens with two attached hydrogens (primary N) is 1. The van der Waals surface area contributed by atoms with Crippen LogP contribution in [0.2, 0.25) is 0 Å². The van der Waals surface area contributed by atoms with Crippen LogP contribution < -0.4 is 11.1 Å². The Hall–Kier alpha value is -1.79. The Morgan fingerprint density at radius 3 is 2.59 bits per heavy atom. The summed E-state index contributed by atoms with van der Waals surface area (Å²) in [7, 11) is 0. The van der Waals surface area contributed by atoms with E-state index in [1.807, 2.05) is 5.32 Å². The molecule has 1 aromatic rings. The van der Waals surface area contributed by atoms with Crippen molar-refractivity contribution in [2.45, 2.75) is 24.6 Å². The van der Waals surface area contributed by atoms with E-state index in [1.165, 1.54) is 18.3 Å². The molecule has 92 valence electrons. The maximum atomic E-state index is 12.6. The van der Waals surface area contributed by atoms with Crippen LogP contribution in [0.1, 0.15) is 23.3 Å². The van der Waals surface area contributed by atoms with Gasteiger partial charge in [-0.15, -0.1) is 0 Å². The molecule has 0 aromatic carbocycles. The first kappa shape index (κ1) is 11.7. The van der Waals surface area contributed by atoms with Gasteiger partial charge in [0, 0.05) is 6.20 Å². The Kier molecular flexibility index (Phi) is 2.48. The summed E-state index contributed by atoms with van der Waals surface area (Å²) in [6.45, 7) is 0. The average Bonchev–Trinajstić information content (AvgIpc) is 2.98. The third-order valence-corrected chi connectivity index (χ3v) is 2.70. The van der Waals surface area contributed by atoms with Crippen molar-refractivity contribution in [3.05, 3.63) is 24.0 Å². The van der Waals surface area contributed by atoms with E-state index in [2.05, 4.69) is 4.98 Å². The van der Waals surface area contributed by atoms with Crippen LogP contribution in [0, 0.1) is 0 Å². The van der Waals surface area contributed by atoms with E-state index in [0.717, 1.165) is 0 Å². The first-order chi connectivity index (χ1) is 7.86. The molecule has 1 amide bonds. The number of carbonyl (C=O) groups is 1. The van der Waals surface area contributed by atoms with Crippen LogP contribution in [0.25, 0.3) is 0 Å². The normalized spacial score (nSPS) is 17.6. The second-order valence-electron chi connectivity index (χ2n) is 3.98. The zero-order chi connectivity index (χ0) is 12.7. The van der Waals surface area contributed by atoms with E-state index in [9.17, 15) is 18.0 Å². The number of hydrogen-bond donors (Lipinski definition) is 2. The molecule has 0 aliphatic heterocycles. The number of nitrogen functional groups attached to an aromatic ring is 1. The number of pyridine rings is 1. The van der Waals surface area contributed by atoms with E-state index in [4.69, 9.17) is 5.73 Å². The highest BCUT2D eigenvalue weighted by molar-refractivity contribution is 5.97. The lowest BCUT2D eigenvalue weighted by atomic mass is 10.2. The number of hydrogen-bond acceptors (Lipinski definition) is 3. The highest BCUT2D eigenvalue weighted by Crippen LogP contribution is 2.49. The Morgan fingerprint density at radius 2 is 2.12 bits per heavy atom. The summed E-state index contributed by atoms with van der Waals surface area (Å²) in [5, 5.41) is 1.96. The van der Waals surface area contributed by atoms with Gasteiger partial charge in [-0.05, 0) is 25.0 Å². The van der Waals surface area contributed by atoms with Crippen molar-refractivity contribution in [2.75, 3.05) is 5.73 Å². The zero-order valence-corrected chi connectivity index (χ0v) is 8.71. The van der Waals surface area contributed by atoms with E-state index in [1.54, 1.807) is 0 Å². The van der Waals surface area contributed by atoms with Gasteiger partial charge in [0.15, 0.2) is 5.69 Å². The summed E-state index contributed by atoms with van der Waals surface area (Å²) in [4.78, 5) is 15.3. The van der Waals surface area contributed by atoms with E-state index in [-0.39, 0.29) is 24.2 Å². The molecule has 2 rings (SSSR count). The Bertz CT molecular complexity index is 454. The van der Waals surface area contributed by atoms with Crippen LogP contribution in [-0.2, 0) is 0 Å². The van der Waals surface area contributed by atoms with Crippen LogP contribution in [0.4, 0.5) is 18.9 Å². The summed E-state index contributed by atoms with van der Waals surface area (Å²) in [6, 6.07) is 2.91. The van der Waals surface area contributed by atoms with Crippen molar-refractivity contribution < 1.29 is 18.0 Å². The fourth-order valence-corrected chi connectivity index (χ4v) is 1.49. The smallest absolute Gasteiger partial charge is 0.397 e. The molecular weight excluding hydrogens is 235 g/mol. The molecule has 1 heterocycles. The largest absolute Gasteiger partial charge is 0.411 e. The van der Waals surface area contributed by atoms with Crippen molar-refractivity contribution in [1.29, 1.82) is 0 Å². The van der Waals surface area contributed by atoms with Crippen molar-refractivity contribution in [3.63, 3.8) is 0 Å². The number of alkyl halides is 3. The van der Waals surface area contributed by atoms with Gasteiger partial charge in [-0.25, -0.2) is 4.98 Å². The fraction of sp³-hybridized carbons (Fsp3) is 0.400. The minimum atomic E-state index is -4.44. The molecular formula is C10H10F3N3O.